The molecule has 1 aliphatic rings. The van der Waals surface area contributed by atoms with Crippen molar-refractivity contribution in [2.24, 2.45) is 0 Å². The molecule has 2 N–H and O–H groups in total. The zero-order valence-electron chi connectivity index (χ0n) is 15.0. The number of benzene rings is 1. The molecule has 1 aliphatic heterocycles. The second-order valence-corrected chi connectivity index (χ2v) is 7.82. The van der Waals surface area contributed by atoms with E-state index in [1.165, 1.54) is 11.3 Å². The highest BCUT2D eigenvalue weighted by atomic mass is 32.1. The number of nitrogens with zero attached hydrogens (tertiary/aromatic N) is 4. The molecule has 28 heavy (non-hydrogen) atoms. The summed E-state index contributed by atoms with van der Waals surface area (Å²) in [7, 11) is 0. The van der Waals surface area contributed by atoms with Crippen LogP contribution in [0.2, 0.25) is 0 Å². The predicted molar refractivity (Wildman–Crippen MR) is 110 cm³/mol. The van der Waals surface area contributed by atoms with Gasteiger partial charge in [-0.1, -0.05) is 12.1 Å². The maximum atomic E-state index is 12.9. The minimum atomic E-state index is 0.0247. The van der Waals surface area contributed by atoms with Crippen molar-refractivity contribution in [2.45, 2.75) is 13.0 Å². The summed E-state index contributed by atoms with van der Waals surface area (Å²) in [5, 5.41) is 1.57. The number of pyridine rings is 2. The van der Waals surface area contributed by atoms with Gasteiger partial charge in [0.2, 0.25) is 0 Å². The Balaban J connectivity index is 1.41. The predicted octanol–water partition coefficient (Wildman–Crippen LogP) is 3.53. The Hall–Kier alpha value is -3.32. The van der Waals surface area contributed by atoms with E-state index in [0.29, 0.717) is 23.8 Å². The van der Waals surface area contributed by atoms with E-state index in [9.17, 15) is 4.79 Å². The number of nitrogen functional groups attached to an aromatic ring is 1. The Labute approximate surface area is 165 Å². The first-order valence-corrected chi connectivity index (χ1v) is 9.84. The number of anilines is 1. The Kier molecular flexibility index (Phi) is 4.02. The van der Waals surface area contributed by atoms with E-state index in [1.54, 1.807) is 12.4 Å². The molecule has 5 rings (SSSR count). The molecule has 0 atom stereocenters. The molecule has 0 radical (unpaired) electrons. The molecule has 4 heterocycles. The zero-order chi connectivity index (χ0) is 19.1. The maximum absolute atomic E-state index is 12.9. The molecule has 6 nitrogen and oxygen atoms in total. The monoisotopic (exact) mass is 387 g/mol. The summed E-state index contributed by atoms with van der Waals surface area (Å²) in [4.78, 5) is 29.1. The summed E-state index contributed by atoms with van der Waals surface area (Å²) < 4.78 is 0. The summed E-state index contributed by atoms with van der Waals surface area (Å²) >= 11 is 1.47. The number of hydrogen-bond acceptors (Lipinski definition) is 6. The highest BCUT2D eigenvalue weighted by Gasteiger charge is 2.24. The van der Waals surface area contributed by atoms with Gasteiger partial charge in [0.15, 0.2) is 5.13 Å². The van der Waals surface area contributed by atoms with Gasteiger partial charge < -0.3 is 10.6 Å². The summed E-state index contributed by atoms with van der Waals surface area (Å²) in [5.74, 6) is 0.0247. The normalized spacial score (nSPS) is 13.5. The van der Waals surface area contributed by atoms with E-state index >= 15 is 0 Å². The van der Waals surface area contributed by atoms with Crippen LogP contribution in [0.3, 0.4) is 0 Å². The fourth-order valence-corrected chi connectivity index (χ4v) is 4.47. The maximum Gasteiger partial charge on any atom is 0.254 e. The smallest absolute Gasteiger partial charge is 0.254 e. The topological polar surface area (TPSA) is 85.0 Å². The van der Waals surface area contributed by atoms with Crippen molar-refractivity contribution in [3.05, 3.63) is 71.0 Å². The van der Waals surface area contributed by atoms with Gasteiger partial charge in [0.25, 0.3) is 5.91 Å². The summed E-state index contributed by atoms with van der Waals surface area (Å²) in [5.41, 5.74) is 10.2. The lowest BCUT2D eigenvalue weighted by Crippen LogP contribution is -2.35. The molecule has 138 valence electrons. The number of carbonyl (C=O) groups excluding carboxylic acids is 1. The first-order valence-electron chi connectivity index (χ1n) is 9.02. The molecular formula is C21H17N5OS. The number of rotatable bonds is 2. The van der Waals surface area contributed by atoms with Crippen molar-refractivity contribution in [2.75, 3.05) is 12.3 Å². The molecule has 0 saturated carbocycles. The molecule has 0 bridgehead atoms. The van der Waals surface area contributed by atoms with E-state index in [0.717, 1.165) is 39.2 Å². The van der Waals surface area contributed by atoms with Crippen LogP contribution in [0, 0.1) is 0 Å². The Morgan fingerprint density at radius 2 is 1.93 bits per heavy atom. The number of thiazole rings is 1. The van der Waals surface area contributed by atoms with Crippen molar-refractivity contribution in [3.8, 4) is 11.3 Å². The molecule has 7 heteroatoms. The van der Waals surface area contributed by atoms with Crippen LogP contribution in [0.25, 0.3) is 22.2 Å². The molecule has 0 spiro atoms. The molecule has 1 amide bonds. The van der Waals surface area contributed by atoms with Crippen LogP contribution in [-0.4, -0.2) is 32.3 Å². The van der Waals surface area contributed by atoms with Gasteiger partial charge in [-0.05, 0) is 30.3 Å². The third kappa shape index (κ3) is 2.90. The zero-order valence-corrected chi connectivity index (χ0v) is 15.8. The quantitative estimate of drug-likeness (QED) is 0.569. The van der Waals surface area contributed by atoms with Gasteiger partial charge in [0.05, 0.1) is 23.4 Å². The SMILES string of the molecule is Nc1nc2c(s1)CN(C(=O)c1ccc(-c3nccc4ncccc34)cc1)CC2. The van der Waals surface area contributed by atoms with E-state index in [2.05, 4.69) is 15.0 Å². The van der Waals surface area contributed by atoms with Crippen molar-refractivity contribution in [1.29, 1.82) is 0 Å². The van der Waals surface area contributed by atoms with Crippen LogP contribution in [0.5, 0.6) is 0 Å². The number of hydrogen-bond donors (Lipinski definition) is 1. The van der Waals surface area contributed by atoms with E-state index in [4.69, 9.17) is 5.73 Å². The average molecular weight is 387 g/mol. The molecular weight excluding hydrogens is 370 g/mol. The molecule has 0 fully saturated rings. The van der Waals surface area contributed by atoms with Crippen molar-refractivity contribution in [3.63, 3.8) is 0 Å². The summed E-state index contributed by atoms with van der Waals surface area (Å²) in [6.07, 6.45) is 4.28. The average Bonchev–Trinajstić information content (AvgIpc) is 3.12. The van der Waals surface area contributed by atoms with E-state index in [1.807, 2.05) is 47.4 Å². The minimum absolute atomic E-state index is 0.0247. The Morgan fingerprint density at radius 3 is 2.79 bits per heavy atom. The number of fused-ring (bicyclic) bond motifs is 2. The molecule has 0 saturated heterocycles. The lowest BCUT2D eigenvalue weighted by Gasteiger charge is -2.26. The van der Waals surface area contributed by atoms with Crippen molar-refractivity contribution in [1.82, 2.24) is 19.9 Å². The van der Waals surface area contributed by atoms with Crippen LogP contribution >= 0.6 is 11.3 Å². The first kappa shape index (κ1) is 16.8. The highest BCUT2D eigenvalue weighted by Crippen LogP contribution is 2.28. The van der Waals surface area contributed by atoms with Crippen LogP contribution < -0.4 is 5.73 Å². The van der Waals surface area contributed by atoms with E-state index in [-0.39, 0.29) is 5.91 Å². The van der Waals surface area contributed by atoms with Gasteiger partial charge in [-0.25, -0.2) is 4.98 Å². The Morgan fingerprint density at radius 1 is 1.07 bits per heavy atom. The third-order valence-electron chi connectivity index (χ3n) is 4.97. The minimum Gasteiger partial charge on any atom is -0.375 e. The fraction of sp³-hybridized carbons (Fsp3) is 0.143. The first-order chi connectivity index (χ1) is 13.7. The summed E-state index contributed by atoms with van der Waals surface area (Å²) in [6, 6.07) is 13.4. The fourth-order valence-electron chi connectivity index (χ4n) is 3.57. The van der Waals surface area contributed by atoms with Crippen molar-refractivity contribution >= 4 is 33.3 Å². The number of amides is 1. The van der Waals surface area contributed by atoms with Gasteiger partial charge in [0, 0.05) is 46.7 Å². The second kappa shape index (κ2) is 6.69. The molecule has 4 aromatic rings. The lowest BCUT2D eigenvalue weighted by atomic mass is 10.0. The second-order valence-electron chi connectivity index (χ2n) is 6.71. The van der Waals surface area contributed by atoms with E-state index < -0.39 is 0 Å². The molecule has 0 unspecified atom stereocenters. The van der Waals surface area contributed by atoms with Crippen molar-refractivity contribution < 1.29 is 4.79 Å². The van der Waals surface area contributed by atoms with Crippen LogP contribution in [-0.2, 0) is 13.0 Å². The largest absolute Gasteiger partial charge is 0.375 e. The lowest BCUT2D eigenvalue weighted by molar-refractivity contribution is 0.0736. The van der Waals surface area contributed by atoms with Gasteiger partial charge in [0.1, 0.15) is 0 Å². The third-order valence-corrected chi connectivity index (χ3v) is 5.88. The summed E-state index contributed by atoms with van der Waals surface area (Å²) in [6.45, 7) is 1.23. The van der Waals surface area contributed by atoms with Crippen LogP contribution in [0.15, 0.2) is 54.9 Å². The van der Waals surface area contributed by atoms with Gasteiger partial charge in [-0.3, -0.25) is 14.8 Å². The Bertz CT molecular complexity index is 1180. The molecule has 0 aliphatic carbocycles. The van der Waals surface area contributed by atoms with Gasteiger partial charge in [-0.2, -0.15) is 0 Å². The number of aromatic nitrogens is 3. The number of carbonyl (C=O) groups is 1. The molecule has 3 aromatic heterocycles. The van der Waals surface area contributed by atoms with Crippen LogP contribution in [0.4, 0.5) is 5.13 Å². The van der Waals surface area contributed by atoms with Crippen LogP contribution in [0.1, 0.15) is 20.9 Å². The highest BCUT2D eigenvalue weighted by molar-refractivity contribution is 7.15. The molecule has 1 aromatic carbocycles. The van der Waals surface area contributed by atoms with Gasteiger partial charge >= 0.3 is 0 Å². The number of nitrogens with two attached hydrogens (primary N) is 1. The van der Waals surface area contributed by atoms with Gasteiger partial charge in [-0.15, -0.1) is 11.3 Å². The standard InChI is InChI=1S/C21H17N5OS/c22-21-25-17-8-11-26(12-18(17)28-21)20(27)14-5-3-13(4-6-14)19-15-2-1-9-23-16(15)7-10-24-19/h1-7,9-10H,8,11-12H2,(H2,22,25).